The van der Waals surface area contributed by atoms with E-state index >= 15 is 0 Å². The average molecular weight is 360 g/mol. The van der Waals surface area contributed by atoms with Crippen LogP contribution in [0.4, 0.5) is 4.79 Å². The molecule has 0 spiro atoms. The molecular weight excluding hydrogens is 344 g/mol. The van der Waals surface area contributed by atoms with E-state index in [0.29, 0.717) is 5.56 Å². The van der Waals surface area contributed by atoms with Crippen LogP contribution >= 0.6 is 0 Å². The maximum Gasteiger partial charge on any atom is 0.447 e. The zero-order valence-electron chi connectivity index (χ0n) is 13.6. The van der Waals surface area contributed by atoms with Crippen molar-refractivity contribution >= 4 is 27.6 Å². The van der Waals surface area contributed by atoms with Crippen molar-refractivity contribution in [2.75, 3.05) is 0 Å². The van der Waals surface area contributed by atoms with Crippen molar-refractivity contribution < 1.29 is 22.8 Å². The van der Waals surface area contributed by atoms with Crippen molar-refractivity contribution in [2.45, 2.75) is 18.7 Å². The summed E-state index contributed by atoms with van der Waals surface area (Å²) in [7, 11) is -4.08. The van der Waals surface area contributed by atoms with E-state index in [4.69, 9.17) is 0 Å². The number of ketones is 1. The fourth-order valence-electron chi connectivity index (χ4n) is 1.85. The summed E-state index contributed by atoms with van der Waals surface area (Å²) in [6, 6.07) is 14.2. The van der Waals surface area contributed by atoms with Gasteiger partial charge in [0, 0.05) is 5.56 Å². The smallest absolute Gasteiger partial charge is 0.297 e. The summed E-state index contributed by atoms with van der Waals surface area (Å²) < 4.78 is 25.8. The number of hydrogen-bond donors (Lipinski definition) is 1. The van der Waals surface area contributed by atoms with Crippen molar-refractivity contribution in [3.63, 3.8) is 0 Å². The fraction of sp³-hybridized carbons (Fsp3) is 0.118. The van der Waals surface area contributed by atoms with E-state index in [1.54, 1.807) is 54.1 Å². The zero-order valence-corrected chi connectivity index (χ0v) is 14.4. The highest BCUT2D eigenvalue weighted by atomic mass is 32.2. The number of rotatable bonds is 5. The molecule has 0 aliphatic heterocycles. The lowest BCUT2D eigenvalue weighted by molar-refractivity contribution is 0.105. The third kappa shape index (κ3) is 4.98. The molecule has 0 saturated carbocycles. The van der Waals surface area contributed by atoms with Gasteiger partial charge in [-0.3, -0.25) is 9.63 Å². The second-order valence-electron chi connectivity index (χ2n) is 5.17. The summed E-state index contributed by atoms with van der Waals surface area (Å²) in [5, 5.41) is 3.38. The van der Waals surface area contributed by atoms with Crippen LogP contribution in [0.5, 0.6) is 0 Å². The minimum Gasteiger partial charge on any atom is -0.297 e. The first-order chi connectivity index (χ1) is 11.8. The molecule has 0 saturated heterocycles. The van der Waals surface area contributed by atoms with Gasteiger partial charge >= 0.3 is 6.09 Å². The maximum absolute atomic E-state index is 12.0. The van der Waals surface area contributed by atoms with Gasteiger partial charge in [0.15, 0.2) is 0 Å². The van der Waals surface area contributed by atoms with Gasteiger partial charge in [-0.2, -0.15) is 0 Å². The van der Waals surface area contributed by atoms with E-state index in [2.05, 4.69) is 9.99 Å². The van der Waals surface area contributed by atoms with Crippen LogP contribution in [-0.4, -0.2) is 26.0 Å². The molecule has 0 aromatic heterocycles. The number of oxime groups is 1. The van der Waals surface area contributed by atoms with Gasteiger partial charge in [-0.05, 0) is 26.0 Å². The lowest BCUT2D eigenvalue weighted by atomic mass is 10.1. The fourth-order valence-corrected chi connectivity index (χ4v) is 2.72. The second-order valence-corrected chi connectivity index (χ2v) is 6.85. The monoisotopic (exact) mass is 360 g/mol. The van der Waals surface area contributed by atoms with E-state index < -0.39 is 21.9 Å². The lowest BCUT2D eigenvalue weighted by Crippen LogP contribution is -2.30. The topological polar surface area (TPSA) is 102 Å². The first kappa shape index (κ1) is 18.3. The van der Waals surface area contributed by atoms with Gasteiger partial charge in [-0.15, -0.1) is 0 Å². The van der Waals surface area contributed by atoms with Gasteiger partial charge in [0.05, 0.1) is 4.90 Å². The number of sulfonamides is 1. The molecule has 1 N–H and O–H groups in total. The normalized spacial score (nSPS) is 11.7. The molecule has 2 rings (SSSR count). The standard InChI is InChI=1S/C17H16N2O5S/c1-12-8-10-15(11-9-12)25(22,23)19-17(21)24-18-13(2)16(20)14-6-4-3-5-7-14/h3-11H,1-2H3,(H,19,21)/b18-13-. The molecule has 0 unspecified atom stereocenters. The number of nitrogens with zero attached hydrogens (tertiary/aromatic N) is 1. The number of Topliss-reactive ketones (excluding diaryl/α,β-unsaturated/α-hetero) is 1. The number of carbonyl (C=O) groups excluding carboxylic acids is 2. The molecule has 2 aromatic carbocycles. The Morgan fingerprint density at radius 1 is 1.00 bits per heavy atom. The van der Waals surface area contributed by atoms with Crippen molar-refractivity contribution in [2.24, 2.45) is 5.16 Å². The Kier molecular flexibility index (Phi) is 5.66. The van der Waals surface area contributed by atoms with Gasteiger partial charge in [0.25, 0.3) is 10.0 Å². The predicted octanol–water partition coefficient (Wildman–Crippen LogP) is 2.67. The number of aryl methyl sites for hydroxylation is 1. The van der Waals surface area contributed by atoms with E-state index in [1.807, 2.05) is 0 Å². The molecule has 0 atom stereocenters. The summed E-state index contributed by atoms with van der Waals surface area (Å²) in [6.45, 7) is 3.16. The summed E-state index contributed by atoms with van der Waals surface area (Å²) in [4.78, 5) is 28.0. The largest absolute Gasteiger partial charge is 0.447 e. The van der Waals surface area contributed by atoms with Crippen LogP contribution in [0.2, 0.25) is 0 Å². The number of benzene rings is 2. The Morgan fingerprint density at radius 3 is 2.20 bits per heavy atom. The molecule has 2 aromatic rings. The second kappa shape index (κ2) is 7.71. The highest BCUT2D eigenvalue weighted by Gasteiger charge is 2.19. The first-order valence-corrected chi connectivity index (χ1v) is 8.73. The van der Waals surface area contributed by atoms with Crippen LogP contribution in [0.15, 0.2) is 64.6 Å². The Hall–Kier alpha value is -3.00. The minimum atomic E-state index is -4.08. The minimum absolute atomic E-state index is 0.0869. The van der Waals surface area contributed by atoms with Crippen LogP contribution in [0, 0.1) is 6.92 Å². The van der Waals surface area contributed by atoms with Crippen molar-refractivity contribution in [3.8, 4) is 0 Å². The van der Waals surface area contributed by atoms with Crippen LogP contribution in [-0.2, 0) is 14.9 Å². The molecule has 0 aliphatic carbocycles. The molecule has 0 bridgehead atoms. The number of amides is 1. The third-order valence-electron chi connectivity index (χ3n) is 3.18. The van der Waals surface area contributed by atoms with E-state index in [-0.39, 0.29) is 10.6 Å². The Labute approximate surface area is 145 Å². The molecule has 130 valence electrons. The quantitative estimate of drug-likeness (QED) is 0.382. The van der Waals surface area contributed by atoms with E-state index in [0.717, 1.165) is 5.56 Å². The summed E-state index contributed by atoms with van der Waals surface area (Å²) in [5.74, 6) is -0.435. The summed E-state index contributed by atoms with van der Waals surface area (Å²) >= 11 is 0. The number of nitrogens with one attached hydrogen (secondary N) is 1. The third-order valence-corrected chi connectivity index (χ3v) is 4.51. The Balaban J connectivity index is 2.02. The van der Waals surface area contributed by atoms with E-state index in [9.17, 15) is 18.0 Å². The van der Waals surface area contributed by atoms with Gasteiger partial charge in [0.1, 0.15) is 5.71 Å². The summed E-state index contributed by atoms with van der Waals surface area (Å²) in [5.41, 5.74) is 1.16. The average Bonchev–Trinajstić information content (AvgIpc) is 2.59. The lowest BCUT2D eigenvalue weighted by Gasteiger charge is -2.05. The maximum atomic E-state index is 12.0. The van der Waals surface area contributed by atoms with Gasteiger partial charge in [-0.25, -0.2) is 17.9 Å². The van der Waals surface area contributed by atoms with Crippen LogP contribution in [0.25, 0.3) is 0 Å². The van der Waals surface area contributed by atoms with Gasteiger partial charge in [-0.1, -0.05) is 53.2 Å². The Bertz CT molecular complexity index is 904. The van der Waals surface area contributed by atoms with Crippen molar-refractivity contribution in [1.29, 1.82) is 0 Å². The number of carbonyl (C=O) groups is 2. The zero-order chi connectivity index (χ0) is 18.4. The SMILES string of the molecule is C/C(=N/OC(=O)NS(=O)(=O)c1ccc(C)cc1)C(=O)c1ccccc1. The van der Waals surface area contributed by atoms with Crippen LogP contribution in [0.3, 0.4) is 0 Å². The molecule has 0 radical (unpaired) electrons. The van der Waals surface area contributed by atoms with Gasteiger partial charge < -0.3 is 0 Å². The molecule has 0 aliphatic rings. The van der Waals surface area contributed by atoms with E-state index in [1.165, 1.54) is 19.1 Å². The van der Waals surface area contributed by atoms with Crippen LogP contribution in [0.1, 0.15) is 22.8 Å². The molecular formula is C17H16N2O5S. The first-order valence-electron chi connectivity index (χ1n) is 7.24. The molecule has 0 fully saturated rings. The highest BCUT2D eigenvalue weighted by molar-refractivity contribution is 7.90. The van der Waals surface area contributed by atoms with Gasteiger partial charge in [0.2, 0.25) is 5.78 Å². The molecule has 7 nitrogen and oxygen atoms in total. The highest BCUT2D eigenvalue weighted by Crippen LogP contribution is 2.10. The van der Waals surface area contributed by atoms with Crippen LogP contribution < -0.4 is 4.72 Å². The van der Waals surface area contributed by atoms with Crippen molar-refractivity contribution in [3.05, 3.63) is 65.7 Å². The van der Waals surface area contributed by atoms with Crippen molar-refractivity contribution in [1.82, 2.24) is 4.72 Å². The molecule has 8 heteroatoms. The summed E-state index contributed by atoms with van der Waals surface area (Å²) in [6.07, 6.45) is -1.30. The molecule has 0 heterocycles. The predicted molar refractivity (Wildman–Crippen MR) is 91.9 cm³/mol. The molecule has 1 amide bonds. The Morgan fingerprint density at radius 2 is 1.60 bits per heavy atom. The number of hydrogen-bond acceptors (Lipinski definition) is 6. The molecule has 25 heavy (non-hydrogen) atoms.